The zero-order valence-corrected chi connectivity index (χ0v) is 11.3. The van der Waals surface area contributed by atoms with Crippen LogP contribution in [0, 0.1) is 11.6 Å². The van der Waals surface area contributed by atoms with Crippen molar-refractivity contribution in [1.82, 2.24) is 0 Å². The molecule has 0 saturated heterocycles. The molecule has 0 fully saturated rings. The largest absolute Gasteiger partial charge is 0.494 e. The molecule has 0 aromatic heterocycles. The Hall–Kier alpha value is -1.94. The predicted octanol–water partition coefficient (Wildman–Crippen LogP) is 3.61. The molecule has 0 heterocycles. The lowest BCUT2D eigenvalue weighted by molar-refractivity contribution is 0.334. The molecule has 2 aromatic carbocycles. The van der Waals surface area contributed by atoms with E-state index in [0.717, 1.165) is 17.7 Å². The summed E-state index contributed by atoms with van der Waals surface area (Å²) in [5.74, 6) is -0.234. The van der Waals surface area contributed by atoms with Crippen molar-refractivity contribution in [3.8, 4) is 5.75 Å². The van der Waals surface area contributed by atoms with E-state index in [0.29, 0.717) is 12.4 Å². The molecule has 0 amide bonds. The van der Waals surface area contributed by atoms with Gasteiger partial charge in [0, 0.05) is 11.6 Å². The molecule has 0 aliphatic heterocycles. The minimum absolute atomic E-state index is 0.216. The van der Waals surface area contributed by atoms with Crippen molar-refractivity contribution in [3.05, 3.63) is 65.2 Å². The first-order valence-corrected chi connectivity index (χ1v) is 6.53. The molecule has 0 saturated carbocycles. The fourth-order valence-corrected chi connectivity index (χ4v) is 2.12. The van der Waals surface area contributed by atoms with Crippen molar-refractivity contribution in [2.75, 3.05) is 6.61 Å². The average Bonchev–Trinajstić information content (AvgIpc) is 2.44. The summed E-state index contributed by atoms with van der Waals surface area (Å²) in [7, 11) is 0. The SMILES string of the molecule is CCOc1ccccc1C(N)Cc1cc(F)ccc1F. The lowest BCUT2D eigenvalue weighted by Crippen LogP contribution is -2.15. The van der Waals surface area contributed by atoms with Crippen molar-refractivity contribution in [2.45, 2.75) is 19.4 Å². The van der Waals surface area contributed by atoms with Gasteiger partial charge in [0.15, 0.2) is 0 Å². The van der Waals surface area contributed by atoms with Gasteiger partial charge in [-0.15, -0.1) is 0 Å². The van der Waals surface area contributed by atoms with E-state index in [4.69, 9.17) is 10.5 Å². The second-order valence-corrected chi connectivity index (χ2v) is 4.52. The van der Waals surface area contributed by atoms with Crippen LogP contribution in [0.2, 0.25) is 0 Å². The van der Waals surface area contributed by atoms with Gasteiger partial charge in [0.2, 0.25) is 0 Å². The third-order valence-corrected chi connectivity index (χ3v) is 3.07. The Labute approximate surface area is 117 Å². The molecule has 106 valence electrons. The van der Waals surface area contributed by atoms with Crippen molar-refractivity contribution < 1.29 is 13.5 Å². The van der Waals surface area contributed by atoms with Crippen molar-refractivity contribution in [1.29, 1.82) is 0 Å². The molecule has 1 unspecified atom stereocenters. The van der Waals surface area contributed by atoms with E-state index in [-0.39, 0.29) is 12.0 Å². The van der Waals surface area contributed by atoms with Crippen LogP contribution in [-0.2, 0) is 6.42 Å². The normalized spacial score (nSPS) is 12.2. The Balaban J connectivity index is 2.23. The van der Waals surface area contributed by atoms with Gasteiger partial charge < -0.3 is 10.5 Å². The number of para-hydroxylation sites is 1. The lowest BCUT2D eigenvalue weighted by atomic mass is 9.98. The Morgan fingerprint density at radius 1 is 1.15 bits per heavy atom. The van der Waals surface area contributed by atoms with E-state index in [2.05, 4.69) is 0 Å². The van der Waals surface area contributed by atoms with Gasteiger partial charge in [-0.25, -0.2) is 8.78 Å². The fourth-order valence-electron chi connectivity index (χ4n) is 2.12. The van der Waals surface area contributed by atoms with Crippen molar-refractivity contribution in [3.63, 3.8) is 0 Å². The van der Waals surface area contributed by atoms with E-state index >= 15 is 0 Å². The van der Waals surface area contributed by atoms with Gasteiger partial charge in [0.1, 0.15) is 17.4 Å². The predicted molar refractivity (Wildman–Crippen MR) is 74.6 cm³/mol. The highest BCUT2D eigenvalue weighted by Crippen LogP contribution is 2.27. The maximum Gasteiger partial charge on any atom is 0.126 e. The third-order valence-electron chi connectivity index (χ3n) is 3.07. The first kappa shape index (κ1) is 14.5. The highest BCUT2D eigenvalue weighted by molar-refractivity contribution is 5.37. The van der Waals surface area contributed by atoms with Crippen molar-refractivity contribution >= 4 is 0 Å². The summed E-state index contributed by atoms with van der Waals surface area (Å²) < 4.78 is 32.3. The standard InChI is InChI=1S/C16H17F2NO/c1-2-20-16-6-4-3-5-13(16)15(19)10-11-9-12(17)7-8-14(11)18/h3-9,15H,2,10,19H2,1H3. The van der Waals surface area contributed by atoms with E-state index in [1.54, 1.807) is 0 Å². The quantitative estimate of drug-likeness (QED) is 0.906. The van der Waals surface area contributed by atoms with E-state index in [1.165, 1.54) is 6.07 Å². The smallest absolute Gasteiger partial charge is 0.126 e. The van der Waals surface area contributed by atoms with Gasteiger partial charge in [-0.05, 0) is 43.2 Å². The van der Waals surface area contributed by atoms with Crippen LogP contribution < -0.4 is 10.5 Å². The van der Waals surface area contributed by atoms with Gasteiger partial charge >= 0.3 is 0 Å². The van der Waals surface area contributed by atoms with E-state index in [1.807, 2.05) is 31.2 Å². The highest BCUT2D eigenvalue weighted by atomic mass is 19.1. The number of ether oxygens (including phenoxy) is 1. The molecule has 0 spiro atoms. The van der Waals surface area contributed by atoms with Gasteiger partial charge in [-0.3, -0.25) is 0 Å². The summed E-state index contributed by atoms with van der Waals surface area (Å²) in [6.45, 7) is 2.41. The van der Waals surface area contributed by atoms with E-state index < -0.39 is 17.7 Å². The van der Waals surface area contributed by atoms with Gasteiger partial charge in [0.25, 0.3) is 0 Å². The van der Waals surface area contributed by atoms with Crippen LogP contribution in [-0.4, -0.2) is 6.61 Å². The van der Waals surface area contributed by atoms with Crippen LogP contribution in [0.25, 0.3) is 0 Å². The lowest BCUT2D eigenvalue weighted by Gasteiger charge is -2.17. The van der Waals surface area contributed by atoms with Crippen LogP contribution in [0.15, 0.2) is 42.5 Å². The highest BCUT2D eigenvalue weighted by Gasteiger charge is 2.15. The summed E-state index contributed by atoms with van der Waals surface area (Å²) in [5, 5.41) is 0. The number of nitrogens with two attached hydrogens (primary N) is 1. The molecule has 2 rings (SSSR count). The van der Waals surface area contributed by atoms with Crippen LogP contribution in [0.1, 0.15) is 24.1 Å². The Kier molecular flexibility index (Phi) is 4.69. The monoisotopic (exact) mass is 277 g/mol. The molecule has 2 aromatic rings. The number of rotatable bonds is 5. The number of hydrogen-bond acceptors (Lipinski definition) is 2. The maximum absolute atomic E-state index is 13.6. The summed E-state index contributed by atoms with van der Waals surface area (Å²) >= 11 is 0. The minimum atomic E-state index is -0.466. The molecule has 0 bridgehead atoms. The second-order valence-electron chi connectivity index (χ2n) is 4.52. The molecule has 2 nitrogen and oxygen atoms in total. The Bertz CT molecular complexity index is 586. The van der Waals surface area contributed by atoms with Gasteiger partial charge in [0.05, 0.1) is 6.61 Å². The van der Waals surface area contributed by atoms with E-state index in [9.17, 15) is 8.78 Å². The van der Waals surface area contributed by atoms with Crippen molar-refractivity contribution in [2.24, 2.45) is 5.73 Å². The van der Waals surface area contributed by atoms with Gasteiger partial charge in [-0.1, -0.05) is 18.2 Å². The fraction of sp³-hybridized carbons (Fsp3) is 0.250. The number of halogens is 2. The minimum Gasteiger partial charge on any atom is -0.494 e. The molecular weight excluding hydrogens is 260 g/mol. The molecule has 0 radical (unpaired) electrons. The summed E-state index contributed by atoms with van der Waals surface area (Å²) in [5.41, 5.74) is 7.17. The maximum atomic E-state index is 13.6. The van der Waals surface area contributed by atoms with Crippen LogP contribution >= 0.6 is 0 Å². The number of benzene rings is 2. The molecule has 0 aliphatic rings. The first-order chi connectivity index (χ1) is 9.61. The van der Waals surface area contributed by atoms with Crippen LogP contribution in [0.5, 0.6) is 5.75 Å². The molecule has 20 heavy (non-hydrogen) atoms. The second kappa shape index (κ2) is 6.48. The molecule has 4 heteroatoms. The summed E-state index contributed by atoms with van der Waals surface area (Å²) in [6, 6.07) is 10.3. The Morgan fingerprint density at radius 3 is 2.65 bits per heavy atom. The molecule has 2 N–H and O–H groups in total. The topological polar surface area (TPSA) is 35.2 Å². The molecular formula is C16H17F2NO. The zero-order valence-electron chi connectivity index (χ0n) is 11.3. The third kappa shape index (κ3) is 3.33. The average molecular weight is 277 g/mol. The Morgan fingerprint density at radius 2 is 1.90 bits per heavy atom. The first-order valence-electron chi connectivity index (χ1n) is 6.53. The molecule has 1 atom stereocenters. The zero-order chi connectivity index (χ0) is 14.5. The van der Waals surface area contributed by atoms with Crippen LogP contribution in [0.4, 0.5) is 8.78 Å². The van der Waals surface area contributed by atoms with Crippen LogP contribution in [0.3, 0.4) is 0 Å². The summed E-state index contributed by atoms with van der Waals surface area (Å²) in [6.07, 6.45) is 0.216. The molecule has 0 aliphatic carbocycles. The summed E-state index contributed by atoms with van der Waals surface area (Å²) in [4.78, 5) is 0. The number of hydrogen-bond donors (Lipinski definition) is 1. The van der Waals surface area contributed by atoms with Gasteiger partial charge in [-0.2, -0.15) is 0 Å².